The van der Waals surface area contributed by atoms with Crippen molar-refractivity contribution in [3.8, 4) is 11.5 Å². The Labute approximate surface area is 196 Å². The first-order valence-electron chi connectivity index (χ1n) is 11.4. The molecule has 0 radical (unpaired) electrons. The maximum absolute atomic E-state index is 12.7. The number of aromatic nitrogens is 4. The van der Waals surface area contributed by atoms with Gasteiger partial charge in [-0.05, 0) is 36.1 Å². The van der Waals surface area contributed by atoms with Gasteiger partial charge < -0.3 is 19.6 Å². The first-order chi connectivity index (χ1) is 16.6. The molecule has 1 aliphatic rings. The topological polar surface area (TPSA) is 97.9 Å². The van der Waals surface area contributed by atoms with Gasteiger partial charge in [-0.3, -0.25) is 4.79 Å². The number of hydrogen-bond acceptors (Lipinski definition) is 6. The average Bonchev–Trinajstić information content (AvgIpc) is 3.53. The zero-order valence-corrected chi connectivity index (χ0v) is 18.9. The largest absolute Gasteiger partial charge is 0.418 e. The van der Waals surface area contributed by atoms with Crippen LogP contribution in [0.5, 0.6) is 0 Å². The van der Waals surface area contributed by atoms with Crippen molar-refractivity contribution >= 4 is 34.0 Å². The molecule has 0 aliphatic heterocycles. The highest BCUT2D eigenvalue weighted by atomic mass is 16.4. The molecule has 1 atom stereocenters. The number of carbonyl (C=O) groups is 1. The van der Waals surface area contributed by atoms with Gasteiger partial charge in [-0.15, -0.1) is 0 Å². The van der Waals surface area contributed by atoms with E-state index in [2.05, 4.69) is 20.6 Å². The number of rotatable bonds is 6. The lowest BCUT2D eigenvalue weighted by Crippen LogP contribution is -2.30. The van der Waals surface area contributed by atoms with Crippen LogP contribution in [0.2, 0.25) is 0 Å². The van der Waals surface area contributed by atoms with Crippen LogP contribution in [0.1, 0.15) is 30.0 Å². The Balaban J connectivity index is 1.44. The normalized spacial score (nSPS) is 14.4. The van der Waals surface area contributed by atoms with E-state index in [1.54, 1.807) is 6.33 Å². The second kappa shape index (κ2) is 7.98. The molecule has 1 unspecified atom stereocenters. The number of nitrogens with zero attached hydrogens (tertiary/aromatic N) is 4. The van der Waals surface area contributed by atoms with Gasteiger partial charge in [0.2, 0.25) is 11.8 Å². The number of benzene rings is 2. The quantitative estimate of drug-likeness (QED) is 0.395. The van der Waals surface area contributed by atoms with Crippen LogP contribution in [0.4, 0.5) is 5.82 Å². The number of hydrogen-bond donors (Lipinski definition) is 2. The van der Waals surface area contributed by atoms with Gasteiger partial charge in [-0.2, -0.15) is 4.98 Å². The molecule has 2 aromatic carbocycles. The Morgan fingerprint density at radius 2 is 1.85 bits per heavy atom. The second-order valence-corrected chi connectivity index (χ2v) is 8.69. The zero-order valence-electron chi connectivity index (χ0n) is 18.9. The number of anilines is 1. The summed E-state index contributed by atoms with van der Waals surface area (Å²) >= 11 is 0. The molecular formula is C26H24N6O2. The lowest BCUT2D eigenvalue weighted by molar-refractivity contribution is -0.122. The van der Waals surface area contributed by atoms with E-state index in [0.717, 1.165) is 40.6 Å². The summed E-state index contributed by atoms with van der Waals surface area (Å²) < 4.78 is 8.03. The third kappa shape index (κ3) is 3.48. The Bertz CT molecular complexity index is 1520. The van der Waals surface area contributed by atoms with Gasteiger partial charge >= 0.3 is 0 Å². The molecule has 3 heterocycles. The summed E-state index contributed by atoms with van der Waals surface area (Å²) in [6, 6.07) is 17.7. The lowest BCUT2D eigenvalue weighted by Gasteiger charge is -2.20. The third-order valence-electron chi connectivity index (χ3n) is 6.28. The number of pyridine rings is 1. The van der Waals surface area contributed by atoms with Crippen LogP contribution in [-0.4, -0.2) is 32.5 Å². The highest BCUT2D eigenvalue weighted by Crippen LogP contribution is 2.34. The summed E-state index contributed by atoms with van der Waals surface area (Å²) in [5.74, 6) is 1.34. The van der Waals surface area contributed by atoms with Gasteiger partial charge in [0.25, 0.3) is 5.71 Å². The standard InChI is InChI=1S/C26H24N6O2/c1-27-23-20-22(32(2)14-28-20)21-26(31-23)34-25(30-21)18-10-6-9-17(13-18)19(15-7-4-3-5-8-15)29-24(33)16-11-12-16/h3-10,13-14,16,19H,11-12H2,1-2H3,(H,27,31)(H,29,33). The van der Waals surface area contributed by atoms with Gasteiger partial charge in [0, 0.05) is 25.6 Å². The molecule has 1 aliphatic carbocycles. The van der Waals surface area contributed by atoms with Crippen LogP contribution in [0.15, 0.2) is 65.3 Å². The van der Waals surface area contributed by atoms with Crippen molar-refractivity contribution < 1.29 is 9.21 Å². The minimum absolute atomic E-state index is 0.100. The summed E-state index contributed by atoms with van der Waals surface area (Å²) in [5, 5.41) is 6.32. The second-order valence-electron chi connectivity index (χ2n) is 8.69. The number of carbonyl (C=O) groups excluding carboxylic acids is 1. The predicted molar refractivity (Wildman–Crippen MR) is 130 cm³/mol. The van der Waals surface area contributed by atoms with E-state index in [4.69, 9.17) is 9.40 Å². The van der Waals surface area contributed by atoms with E-state index in [0.29, 0.717) is 22.9 Å². The van der Waals surface area contributed by atoms with Gasteiger partial charge in [0.1, 0.15) is 11.0 Å². The summed E-state index contributed by atoms with van der Waals surface area (Å²) in [5.41, 5.74) is 5.53. The maximum atomic E-state index is 12.7. The van der Waals surface area contributed by atoms with Crippen LogP contribution >= 0.6 is 0 Å². The highest BCUT2D eigenvalue weighted by molar-refractivity contribution is 6.03. The van der Waals surface area contributed by atoms with Crippen molar-refractivity contribution in [1.29, 1.82) is 0 Å². The Morgan fingerprint density at radius 1 is 1.06 bits per heavy atom. The first kappa shape index (κ1) is 20.4. The number of amides is 1. The minimum Gasteiger partial charge on any atom is -0.418 e. The lowest BCUT2D eigenvalue weighted by atomic mass is 9.96. The molecule has 5 aromatic rings. The molecule has 0 bridgehead atoms. The fourth-order valence-electron chi connectivity index (χ4n) is 4.34. The molecular weight excluding hydrogens is 428 g/mol. The predicted octanol–water partition coefficient (Wildman–Crippen LogP) is 4.43. The molecule has 34 heavy (non-hydrogen) atoms. The molecule has 0 spiro atoms. The molecule has 1 fully saturated rings. The minimum atomic E-state index is -0.253. The van der Waals surface area contributed by atoms with E-state index in [9.17, 15) is 4.79 Å². The average molecular weight is 453 g/mol. The van der Waals surface area contributed by atoms with Gasteiger partial charge in [0.15, 0.2) is 11.3 Å². The van der Waals surface area contributed by atoms with Crippen molar-refractivity contribution in [2.24, 2.45) is 13.0 Å². The van der Waals surface area contributed by atoms with E-state index in [1.165, 1.54) is 0 Å². The zero-order chi connectivity index (χ0) is 23.2. The molecule has 170 valence electrons. The Hall–Kier alpha value is -4.20. The number of oxazole rings is 1. The molecule has 3 aromatic heterocycles. The highest BCUT2D eigenvalue weighted by Gasteiger charge is 2.31. The van der Waals surface area contributed by atoms with Crippen LogP contribution in [0.3, 0.4) is 0 Å². The molecule has 0 saturated heterocycles. The number of aryl methyl sites for hydroxylation is 1. The SMILES string of the molecule is CNc1nc2oc(-c3cccc(C(NC(=O)C4CC4)c4ccccc4)c3)nc2c2c1ncn2C. The molecule has 2 N–H and O–H groups in total. The number of fused-ring (bicyclic) bond motifs is 3. The molecule has 8 heteroatoms. The van der Waals surface area contributed by atoms with Crippen LogP contribution in [-0.2, 0) is 11.8 Å². The Morgan fingerprint density at radius 3 is 2.62 bits per heavy atom. The smallest absolute Gasteiger partial charge is 0.251 e. The summed E-state index contributed by atoms with van der Waals surface area (Å²) in [6.45, 7) is 0. The fourth-order valence-corrected chi connectivity index (χ4v) is 4.34. The van der Waals surface area contributed by atoms with Crippen molar-refractivity contribution in [3.05, 3.63) is 72.1 Å². The fraction of sp³-hybridized carbons (Fsp3) is 0.231. The van der Waals surface area contributed by atoms with Gasteiger partial charge in [-0.1, -0.05) is 42.5 Å². The summed E-state index contributed by atoms with van der Waals surface area (Å²) in [6.07, 6.45) is 3.66. The molecule has 1 amide bonds. The van der Waals surface area contributed by atoms with Crippen molar-refractivity contribution in [2.45, 2.75) is 18.9 Å². The summed E-state index contributed by atoms with van der Waals surface area (Å²) in [7, 11) is 3.74. The Kier molecular flexibility index (Phi) is 4.79. The van der Waals surface area contributed by atoms with Crippen molar-refractivity contribution in [1.82, 2.24) is 24.8 Å². The van der Waals surface area contributed by atoms with E-state index in [1.807, 2.05) is 73.3 Å². The van der Waals surface area contributed by atoms with Gasteiger partial charge in [0.05, 0.1) is 12.4 Å². The van der Waals surface area contributed by atoms with E-state index in [-0.39, 0.29) is 17.9 Å². The molecule has 1 saturated carbocycles. The van der Waals surface area contributed by atoms with Crippen molar-refractivity contribution in [3.63, 3.8) is 0 Å². The first-order valence-corrected chi connectivity index (χ1v) is 11.4. The van der Waals surface area contributed by atoms with Gasteiger partial charge in [-0.25, -0.2) is 9.97 Å². The summed E-state index contributed by atoms with van der Waals surface area (Å²) in [4.78, 5) is 26.5. The molecule has 8 nitrogen and oxygen atoms in total. The third-order valence-corrected chi connectivity index (χ3v) is 6.28. The van der Waals surface area contributed by atoms with E-state index < -0.39 is 0 Å². The van der Waals surface area contributed by atoms with Crippen molar-refractivity contribution in [2.75, 3.05) is 12.4 Å². The number of imidazole rings is 1. The van der Waals surface area contributed by atoms with E-state index >= 15 is 0 Å². The number of nitrogens with one attached hydrogen (secondary N) is 2. The van der Waals surface area contributed by atoms with Crippen LogP contribution < -0.4 is 10.6 Å². The van der Waals surface area contributed by atoms with Crippen LogP contribution in [0, 0.1) is 5.92 Å². The molecule has 6 rings (SSSR count). The van der Waals surface area contributed by atoms with Crippen LogP contribution in [0.25, 0.3) is 33.7 Å². The maximum Gasteiger partial charge on any atom is 0.251 e. The monoisotopic (exact) mass is 452 g/mol.